The van der Waals surface area contributed by atoms with Gasteiger partial charge < -0.3 is 19.7 Å². The van der Waals surface area contributed by atoms with E-state index in [1.54, 1.807) is 0 Å². The maximum absolute atomic E-state index is 11.2. The summed E-state index contributed by atoms with van der Waals surface area (Å²) < 4.78 is 13.3. The van der Waals surface area contributed by atoms with E-state index in [-0.39, 0.29) is 11.2 Å². The number of hydrogen-bond donors (Lipinski definition) is 2. The van der Waals surface area contributed by atoms with E-state index in [1.165, 1.54) is 32.1 Å². The maximum atomic E-state index is 11.2. The van der Waals surface area contributed by atoms with E-state index in [2.05, 4.69) is 27.7 Å². The molecule has 0 radical (unpaired) electrons. The zero-order valence-corrected chi connectivity index (χ0v) is 20.1. The fourth-order valence-corrected chi connectivity index (χ4v) is 10.4. The van der Waals surface area contributed by atoms with Crippen molar-refractivity contribution in [3.63, 3.8) is 0 Å². The highest BCUT2D eigenvalue weighted by atomic mass is 16.7. The number of fused-ring (bicyclic) bond motifs is 7. The van der Waals surface area contributed by atoms with Crippen LogP contribution in [0.5, 0.6) is 0 Å². The molecule has 1 spiro atoms. The van der Waals surface area contributed by atoms with Crippen molar-refractivity contribution in [2.45, 2.75) is 110 Å². The second-order valence-electron chi connectivity index (χ2n) is 13.2. The van der Waals surface area contributed by atoms with E-state index in [9.17, 15) is 10.2 Å². The van der Waals surface area contributed by atoms with Crippen molar-refractivity contribution in [2.75, 3.05) is 6.61 Å². The topological polar surface area (TPSA) is 58.9 Å². The summed E-state index contributed by atoms with van der Waals surface area (Å²) in [5, 5.41) is 22.4. The molecule has 11 atom stereocenters. The van der Waals surface area contributed by atoms with E-state index in [4.69, 9.17) is 9.47 Å². The standard InChI is InChI=1S/C27H44O4/c1-16-9-13-26(30-15-16)17(2)23-22(31-26)14-21-19-8-7-18-6-5-11-27(28,29)25(18,4)20(19)10-12-24(21,23)3/h16-23,28-29H,5-15H2,1-4H3/t16?,17-,18?,19+,20-,21-,22-,23-,24-,25-,26+/m0/s1. The van der Waals surface area contributed by atoms with Gasteiger partial charge in [-0.3, -0.25) is 0 Å². The van der Waals surface area contributed by atoms with Crippen molar-refractivity contribution in [1.29, 1.82) is 0 Å². The number of rotatable bonds is 0. The monoisotopic (exact) mass is 432 g/mol. The first kappa shape index (κ1) is 21.4. The van der Waals surface area contributed by atoms with Gasteiger partial charge in [-0.05, 0) is 92.3 Å². The summed E-state index contributed by atoms with van der Waals surface area (Å²) in [5.41, 5.74) is -0.0455. The van der Waals surface area contributed by atoms with Gasteiger partial charge in [-0.1, -0.05) is 27.7 Å². The molecule has 0 aromatic carbocycles. The van der Waals surface area contributed by atoms with Crippen molar-refractivity contribution in [1.82, 2.24) is 0 Å². The molecule has 0 amide bonds. The third kappa shape index (κ3) is 2.63. The molecule has 6 aliphatic rings. The van der Waals surface area contributed by atoms with Crippen LogP contribution in [0.2, 0.25) is 0 Å². The molecule has 2 aliphatic heterocycles. The van der Waals surface area contributed by atoms with Crippen molar-refractivity contribution in [3.05, 3.63) is 0 Å². The highest BCUT2D eigenvalue weighted by Crippen LogP contribution is 2.72. The van der Waals surface area contributed by atoms with Gasteiger partial charge in [0, 0.05) is 24.2 Å². The summed E-state index contributed by atoms with van der Waals surface area (Å²) in [7, 11) is 0. The minimum Gasteiger partial charge on any atom is -0.365 e. The molecule has 6 rings (SSSR count). The predicted molar refractivity (Wildman–Crippen MR) is 119 cm³/mol. The van der Waals surface area contributed by atoms with Gasteiger partial charge in [-0.25, -0.2) is 0 Å². The number of aliphatic hydroxyl groups is 2. The smallest absolute Gasteiger partial charge is 0.171 e. The van der Waals surface area contributed by atoms with E-state index in [0.717, 1.165) is 32.3 Å². The Labute approximate surface area is 188 Å². The molecule has 2 unspecified atom stereocenters. The molecule has 4 saturated carbocycles. The largest absolute Gasteiger partial charge is 0.365 e. The van der Waals surface area contributed by atoms with Crippen LogP contribution < -0.4 is 0 Å². The molecule has 176 valence electrons. The quantitative estimate of drug-likeness (QED) is 0.522. The van der Waals surface area contributed by atoms with Crippen molar-refractivity contribution in [2.24, 2.45) is 52.3 Å². The average molecular weight is 433 g/mol. The van der Waals surface area contributed by atoms with Crippen LogP contribution in [0.4, 0.5) is 0 Å². The van der Waals surface area contributed by atoms with Crippen LogP contribution in [-0.2, 0) is 9.47 Å². The van der Waals surface area contributed by atoms with Gasteiger partial charge in [-0.2, -0.15) is 0 Å². The molecule has 6 fully saturated rings. The molecule has 4 aliphatic carbocycles. The molecular weight excluding hydrogens is 388 g/mol. The Morgan fingerprint density at radius 1 is 0.871 bits per heavy atom. The van der Waals surface area contributed by atoms with Crippen molar-refractivity contribution in [3.8, 4) is 0 Å². The molecule has 0 aromatic rings. The highest BCUT2D eigenvalue weighted by molar-refractivity contribution is 5.16. The lowest BCUT2D eigenvalue weighted by Gasteiger charge is -2.63. The third-order valence-electron chi connectivity index (χ3n) is 12.1. The molecule has 2 heterocycles. The predicted octanol–water partition coefficient (Wildman–Crippen LogP) is 5.11. The van der Waals surface area contributed by atoms with Crippen LogP contribution in [0.1, 0.15) is 91.9 Å². The minimum absolute atomic E-state index is 0.298. The molecule has 2 N–H and O–H groups in total. The number of ether oxygens (including phenoxy) is 2. The van der Waals surface area contributed by atoms with E-state index in [0.29, 0.717) is 59.4 Å². The zero-order chi connectivity index (χ0) is 21.8. The summed E-state index contributed by atoms with van der Waals surface area (Å²) in [4.78, 5) is 0. The van der Waals surface area contributed by atoms with Crippen LogP contribution in [0.25, 0.3) is 0 Å². The van der Waals surface area contributed by atoms with Gasteiger partial charge in [-0.15, -0.1) is 0 Å². The van der Waals surface area contributed by atoms with Crippen LogP contribution in [0.15, 0.2) is 0 Å². The molecule has 4 heteroatoms. The van der Waals surface area contributed by atoms with Gasteiger partial charge in [0.15, 0.2) is 11.6 Å². The second kappa shape index (κ2) is 6.71. The zero-order valence-electron chi connectivity index (χ0n) is 20.1. The Morgan fingerprint density at radius 3 is 2.42 bits per heavy atom. The minimum atomic E-state index is -1.50. The van der Waals surface area contributed by atoms with Crippen LogP contribution >= 0.6 is 0 Å². The van der Waals surface area contributed by atoms with Gasteiger partial charge in [0.25, 0.3) is 0 Å². The fourth-order valence-electron chi connectivity index (χ4n) is 10.4. The van der Waals surface area contributed by atoms with Gasteiger partial charge in [0.1, 0.15) is 0 Å². The van der Waals surface area contributed by atoms with Gasteiger partial charge in [0.05, 0.1) is 12.7 Å². The average Bonchev–Trinajstić information content (AvgIpc) is 3.16. The van der Waals surface area contributed by atoms with Crippen molar-refractivity contribution >= 4 is 0 Å². The Morgan fingerprint density at radius 2 is 1.68 bits per heavy atom. The summed E-state index contributed by atoms with van der Waals surface area (Å²) in [6.07, 6.45) is 11.2. The first-order valence-electron chi connectivity index (χ1n) is 13.4. The summed E-state index contributed by atoms with van der Waals surface area (Å²) in [6, 6.07) is 0. The molecule has 31 heavy (non-hydrogen) atoms. The molecule has 0 aromatic heterocycles. The summed E-state index contributed by atoms with van der Waals surface area (Å²) in [5.74, 6) is 2.01. The summed E-state index contributed by atoms with van der Waals surface area (Å²) in [6.45, 7) is 10.3. The Bertz CT molecular complexity index is 727. The lowest BCUT2D eigenvalue weighted by Crippen LogP contribution is -2.63. The van der Waals surface area contributed by atoms with E-state index < -0.39 is 5.79 Å². The summed E-state index contributed by atoms with van der Waals surface area (Å²) >= 11 is 0. The normalized spacial score (nSPS) is 60.2. The van der Waals surface area contributed by atoms with Crippen molar-refractivity contribution < 1.29 is 19.7 Å². The van der Waals surface area contributed by atoms with Crippen LogP contribution in [0.3, 0.4) is 0 Å². The maximum Gasteiger partial charge on any atom is 0.171 e. The van der Waals surface area contributed by atoms with Crippen LogP contribution in [-0.4, -0.2) is 34.5 Å². The molecule has 0 bridgehead atoms. The van der Waals surface area contributed by atoms with Gasteiger partial charge in [0.2, 0.25) is 0 Å². The Kier molecular flexibility index (Phi) is 4.62. The molecular formula is C27H44O4. The van der Waals surface area contributed by atoms with Crippen LogP contribution in [0, 0.1) is 52.3 Å². The third-order valence-corrected chi connectivity index (χ3v) is 12.1. The van der Waals surface area contributed by atoms with E-state index >= 15 is 0 Å². The fraction of sp³-hybridized carbons (Fsp3) is 1.00. The SMILES string of the molecule is CC1CC[C@@]2(OC1)O[C@H]1C[C@H]3[C@@H]4CCC5CCCC(O)(O)[C@]5(C)[C@H]4CC[C@]3(C)[C@H]1[C@@H]2C. The lowest BCUT2D eigenvalue weighted by molar-refractivity contribution is -0.314. The molecule has 2 saturated heterocycles. The first-order chi connectivity index (χ1) is 14.6. The lowest BCUT2D eigenvalue weighted by atomic mass is 9.43. The number of hydrogen-bond acceptors (Lipinski definition) is 4. The van der Waals surface area contributed by atoms with Gasteiger partial charge >= 0.3 is 0 Å². The Balaban J connectivity index is 1.29. The first-order valence-corrected chi connectivity index (χ1v) is 13.4. The highest BCUT2D eigenvalue weighted by Gasteiger charge is 2.70. The Hall–Kier alpha value is -0.160. The second-order valence-corrected chi connectivity index (χ2v) is 13.2. The van der Waals surface area contributed by atoms with E-state index in [1.807, 2.05) is 0 Å². The molecule has 4 nitrogen and oxygen atoms in total.